The van der Waals surface area contributed by atoms with Crippen LogP contribution in [0.15, 0.2) is 91.0 Å². The summed E-state index contributed by atoms with van der Waals surface area (Å²) < 4.78 is 5.61. The van der Waals surface area contributed by atoms with Crippen LogP contribution in [-0.2, 0) is 0 Å². The van der Waals surface area contributed by atoms with Crippen molar-refractivity contribution < 1.29 is 14.3 Å². The molecule has 0 saturated carbocycles. The number of hydrogen-bond donors (Lipinski definition) is 2. The molecule has 0 aliphatic carbocycles. The Morgan fingerprint density at radius 3 is 2.39 bits per heavy atom. The average Bonchev–Trinajstić information content (AvgIpc) is 2.78. The predicted molar refractivity (Wildman–Crippen MR) is 123 cm³/mol. The normalized spacial score (nSPS) is 11.3. The number of nitrogens with one attached hydrogen (secondary N) is 2. The first-order valence-electron chi connectivity index (χ1n) is 10.1. The van der Waals surface area contributed by atoms with Crippen molar-refractivity contribution in [1.29, 1.82) is 0 Å². The molecule has 0 spiro atoms. The molecule has 0 unspecified atom stereocenters. The van der Waals surface area contributed by atoms with Gasteiger partial charge in [0, 0.05) is 5.56 Å². The third kappa shape index (κ3) is 6.06. The van der Waals surface area contributed by atoms with Crippen molar-refractivity contribution in [2.24, 2.45) is 0 Å². The van der Waals surface area contributed by atoms with E-state index in [-0.39, 0.29) is 17.9 Å². The smallest absolute Gasteiger partial charge is 0.255 e. The SMILES string of the molecule is C=C(C)COc1cccc(C(=O)Nc2ccccc2C(=O)N[C@H](C)c2ccccc2)c1. The van der Waals surface area contributed by atoms with E-state index in [1.54, 1.807) is 48.5 Å². The molecule has 0 aliphatic heterocycles. The van der Waals surface area contributed by atoms with E-state index < -0.39 is 0 Å². The number of amides is 2. The third-order valence-corrected chi connectivity index (χ3v) is 4.65. The lowest BCUT2D eigenvalue weighted by molar-refractivity contribution is 0.0940. The van der Waals surface area contributed by atoms with Crippen molar-refractivity contribution in [3.05, 3.63) is 108 Å². The maximum atomic E-state index is 12.9. The Morgan fingerprint density at radius 1 is 0.935 bits per heavy atom. The van der Waals surface area contributed by atoms with E-state index >= 15 is 0 Å². The fourth-order valence-corrected chi connectivity index (χ4v) is 3.02. The first kappa shape index (κ1) is 21.8. The van der Waals surface area contributed by atoms with Crippen molar-refractivity contribution in [2.45, 2.75) is 19.9 Å². The summed E-state index contributed by atoms with van der Waals surface area (Å²) in [4.78, 5) is 25.7. The van der Waals surface area contributed by atoms with Crippen LogP contribution in [0.3, 0.4) is 0 Å². The minimum absolute atomic E-state index is 0.167. The molecule has 0 heterocycles. The molecule has 2 amide bonds. The van der Waals surface area contributed by atoms with Gasteiger partial charge >= 0.3 is 0 Å². The Hall–Kier alpha value is -3.86. The summed E-state index contributed by atoms with van der Waals surface area (Å²) in [6.45, 7) is 7.98. The highest BCUT2D eigenvalue weighted by molar-refractivity contribution is 6.09. The van der Waals surface area contributed by atoms with E-state index in [0.717, 1.165) is 11.1 Å². The summed E-state index contributed by atoms with van der Waals surface area (Å²) in [6, 6.07) is 23.4. The van der Waals surface area contributed by atoms with Crippen molar-refractivity contribution in [3.8, 4) is 5.75 Å². The van der Waals surface area contributed by atoms with Gasteiger partial charge in [-0.05, 0) is 55.3 Å². The minimum Gasteiger partial charge on any atom is -0.489 e. The second-order valence-corrected chi connectivity index (χ2v) is 7.38. The lowest BCUT2D eigenvalue weighted by atomic mass is 10.1. The molecule has 0 bridgehead atoms. The molecule has 5 nitrogen and oxygen atoms in total. The number of carbonyl (C=O) groups excluding carboxylic acids is 2. The van der Waals surface area contributed by atoms with Crippen LogP contribution < -0.4 is 15.4 Å². The van der Waals surface area contributed by atoms with Crippen LogP contribution in [0.25, 0.3) is 0 Å². The summed E-state index contributed by atoms with van der Waals surface area (Å²) in [5, 5.41) is 5.82. The topological polar surface area (TPSA) is 67.4 Å². The molecule has 2 N–H and O–H groups in total. The summed E-state index contributed by atoms with van der Waals surface area (Å²) in [6.07, 6.45) is 0. The van der Waals surface area contributed by atoms with Gasteiger partial charge in [-0.15, -0.1) is 0 Å². The molecule has 0 aromatic heterocycles. The van der Waals surface area contributed by atoms with Gasteiger partial charge < -0.3 is 15.4 Å². The Bertz CT molecular complexity index is 1080. The van der Waals surface area contributed by atoms with Crippen LogP contribution in [0.4, 0.5) is 5.69 Å². The van der Waals surface area contributed by atoms with Crippen LogP contribution >= 0.6 is 0 Å². The standard InChI is InChI=1S/C26H26N2O3/c1-18(2)17-31-22-13-9-12-21(16-22)25(29)28-24-15-8-7-14-23(24)26(30)27-19(3)20-10-5-4-6-11-20/h4-16,19H,1,17H2,2-3H3,(H,27,30)(H,28,29)/t19-/m1/s1. The van der Waals surface area contributed by atoms with Crippen LogP contribution in [0.2, 0.25) is 0 Å². The Balaban J connectivity index is 1.73. The molecule has 3 rings (SSSR count). The zero-order valence-corrected chi connectivity index (χ0v) is 17.7. The maximum absolute atomic E-state index is 12.9. The maximum Gasteiger partial charge on any atom is 0.255 e. The third-order valence-electron chi connectivity index (χ3n) is 4.65. The molecule has 1 atom stereocenters. The summed E-state index contributed by atoms with van der Waals surface area (Å²) >= 11 is 0. The summed E-state index contributed by atoms with van der Waals surface area (Å²) in [5.41, 5.74) is 3.17. The number of carbonyl (C=O) groups is 2. The average molecular weight is 415 g/mol. The van der Waals surface area contributed by atoms with Gasteiger partial charge in [0.25, 0.3) is 11.8 Å². The number of benzene rings is 3. The van der Waals surface area contributed by atoms with Crippen molar-refractivity contribution >= 4 is 17.5 Å². The van der Waals surface area contributed by atoms with E-state index in [0.29, 0.717) is 29.2 Å². The van der Waals surface area contributed by atoms with Gasteiger partial charge in [0.1, 0.15) is 12.4 Å². The van der Waals surface area contributed by atoms with Gasteiger partial charge in [-0.25, -0.2) is 0 Å². The Kier molecular flexibility index (Phi) is 7.22. The quantitative estimate of drug-likeness (QED) is 0.486. The van der Waals surface area contributed by atoms with Gasteiger partial charge in [0.15, 0.2) is 0 Å². The van der Waals surface area contributed by atoms with Gasteiger partial charge in [-0.1, -0.05) is 55.1 Å². The summed E-state index contributed by atoms with van der Waals surface area (Å²) in [5.74, 6) is 0.00120. The highest BCUT2D eigenvalue weighted by atomic mass is 16.5. The van der Waals surface area contributed by atoms with Crippen molar-refractivity contribution in [3.63, 3.8) is 0 Å². The lowest BCUT2D eigenvalue weighted by Crippen LogP contribution is -2.28. The van der Waals surface area contributed by atoms with E-state index in [1.165, 1.54) is 0 Å². The van der Waals surface area contributed by atoms with Crippen molar-refractivity contribution in [2.75, 3.05) is 11.9 Å². The predicted octanol–water partition coefficient (Wildman–Crippen LogP) is 5.38. The highest BCUT2D eigenvalue weighted by Crippen LogP contribution is 2.20. The number of anilines is 1. The second-order valence-electron chi connectivity index (χ2n) is 7.38. The Morgan fingerprint density at radius 2 is 1.65 bits per heavy atom. The molecule has 5 heteroatoms. The highest BCUT2D eigenvalue weighted by Gasteiger charge is 2.17. The van der Waals surface area contributed by atoms with Gasteiger partial charge in [0.05, 0.1) is 17.3 Å². The second kappa shape index (κ2) is 10.3. The molecule has 158 valence electrons. The zero-order valence-electron chi connectivity index (χ0n) is 17.7. The largest absolute Gasteiger partial charge is 0.489 e. The number of hydrogen-bond acceptors (Lipinski definition) is 3. The zero-order chi connectivity index (χ0) is 22.2. The minimum atomic E-state index is -0.322. The van der Waals surface area contributed by atoms with E-state index in [1.807, 2.05) is 44.2 Å². The molecule has 0 saturated heterocycles. The molecule has 0 aliphatic rings. The van der Waals surface area contributed by atoms with E-state index in [2.05, 4.69) is 17.2 Å². The fraction of sp³-hybridized carbons (Fsp3) is 0.154. The lowest BCUT2D eigenvalue weighted by Gasteiger charge is -2.16. The first-order valence-corrected chi connectivity index (χ1v) is 10.1. The fourth-order valence-electron chi connectivity index (χ4n) is 3.02. The van der Waals surface area contributed by atoms with Crippen LogP contribution in [0, 0.1) is 0 Å². The van der Waals surface area contributed by atoms with Gasteiger partial charge in [-0.3, -0.25) is 9.59 Å². The summed E-state index contributed by atoms with van der Waals surface area (Å²) in [7, 11) is 0. The van der Waals surface area contributed by atoms with Gasteiger partial charge in [0.2, 0.25) is 0 Å². The number of rotatable bonds is 8. The molecule has 3 aromatic rings. The monoisotopic (exact) mass is 414 g/mol. The number of para-hydroxylation sites is 1. The van der Waals surface area contributed by atoms with E-state index in [4.69, 9.17) is 4.74 Å². The molecule has 0 fully saturated rings. The Labute approximate surface area is 182 Å². The first-order chi connectivity index (χ1) is 14.9. The van der Waals surface area contributed by atoms with Crippen LogP contribution in [0.1, 0.15) is 46.2 Å². The molecule has 3 aromatic carbocycles. The van der Waals surface area contributed by atoms with E-state index in [9.17, 15) is 9.59 Å². The molecule has 0 radical (unpaired) electrons. The van der Waals surface area contributed by atoms with Gasteiger partial charge in [-0.2, -0.15) is 0 Å². The molecular weight excluding hydrogens is 388 g/mol. The van der Waals surface area contributed by atoms with Crippen LogP contribution in [-0.4, -0.2) is 18.4 Å². The molecule has 31 heavy (non-hydrogen) atoms. The van der Waals surface area contributed by atoms with Crippen molar-refractivity contribution in [1.82, 2.24) is 5.32 Å². The molecular formula is C26H26N2O3. The van der Waals surface area contributed by atoms with Crippen LogP contribution in [0.5, 0.6) is 5.75 Å². The number of ether oxygens (including phenoxy) is 1.